The minimum Gasteiger partial charge on any atom is -0.467 e. The van der Waals surface area contributed by atoms with Gasteiger partial charge in [0.25, 0.3) is 0 Å². The number of methoxy groups -OCH3 is 1. The largest absolute Gasteiger partial charge is 0.467 e. The fraction of sp³-hybridized carbons (Fsp3) is 0.750. The number of rotatable bonds is 5. The summed E-state index contributed by atoms with van der Waals surface area (Å²) >= 11 is 0. The molecule has 1 N–H and O–H groups in total. The first-order valence-electron chi connectivity index (χ1n) is 4.28. The van der Waals surface area contributed by atoms with Crippen LogP contribution in [0.2, 0.25) is 0 Å². The van der Waals surface area contributed by atoms with Crippen LogP contribution in [0.15, 0.2) is 0 Å². The Balaban J connectivity index is 3.79. The zero-order valence-electron chi connectivity index (χ0n) is 8.76. The number of amides is 1. The summed E-state index contributed by atoms with van der Waals surface area (Å²) in [5.41, 5.74) is 0. The third-order valence-corrected chi connectivity index (χ3v) is 1.43. The molecule has 0 aromatic carbocycles. The van der Waals surface area contributed by atoms with Gasteiger partial charge in [0.05, 0.1) is 7.11 Å². The first-order chi connectivity index (χ1) is 7.26. The van der Waals surface area contributed by atoms with Crippen molar-refractivity contribution < 1.29 is 32.2 Å². The molecular weight excluding hydrogens is 231 g/mol. The summed E-state index contributed by atoms with van der Waals surface area (Å²) in [5.74, 6) is -1.51. The van der Waals surface area contributed by atoms with Gasteiger partial charge in [-0.05, 0) is 6.92 Å². The topological polar surface area (TPSA) is 64.6 Å². The van der Waals surface area contributed by atoms with Gasteiger partial charge < -0.3 is 14.8 Å². The lowest BCUT2D eigenvalue weighted by Gasteiger charge is -2.12. The molecule has 1 amide bonds. The minimum atomic E-state index is -4.48. The van der Waals surface area contributed by atoms with E-state index in [9.17, 15) is 22.8 Å². The normalized spacial score (nSPS) is 13.1. The Morgan fingerprint density at radius 1 is 1.38 bits per heavy atom. The molecule has 0 aliphatic heterocycles. The lowest BCUT2D eigenvalue weighted by atomic mass is 10.3. The number of ether oxygens (including phenoxy) is 2. The van der Waals surface area contributed by atoms with Crippen molar-refractivity contribution in [2.75, 3.05) is 20.3 Å². The highest BCUT2D eigenvalue weighted by molar-refractivity contribution is 5.84. The van der Waals surface area contributed by atoms with Crippen molar-refractivity contribution in [1.29, 1.82) is 0 Å². The second kappa shape index (κ2) is 6.31. The highest BCUT2D eigenvalue weighted by Crippen LogP contribution is 2.13. The van der Waals surface area contributed by atoms with Gasteiger partial charge in [-0.15, -0.1) is 0 Å². The van der Waals surface area contributed by atoms with Crippen LogP contribution in [0.5, 0.6) is 0 Å². The Hall–Kier alpha value is -1.31. The molecule has 0 aromatic rings. The van der Waals surface area contributed by atoms with Gasteiger partial charge in [0, 0.05) is 0 Å². The second-order valence-corrected chi connectivity index (χ2v) is 2.92. The monoisotopic (exact) mass is 243 g/mol. The van der Waals surface area contributed by atoms with Gasteiger partial charge in [-0.1, -0.05) is 0 Å². The molecule has 94 valence electrons. The first kappa shape index (κ1) is 14.7. The molecule has 5 nitrogen and oxygen atoms in total. The maximum Gasteiger partial charge on any atom is 0.411 e. The number of hydrogen-bond acceptors (Lipinski definition) is 4. The Bertz CT molecular complexity index is 254. The molecule has 1 atom stereocenters. The van der Waals surface area contributed by atoms with E-state index in [1.165, 1.54) is 6.92 Å². The van der Waals surface area contributed by atoms with E-state index < -0.39 is 37.3 Å². The predicted molar refractivity (Wildman–Crippen MR) is 46.5 cm³/mol. The number of halogens is 3. The molecule has 0 fully saturated rings. The maximum atomic E-state index is 11.6. The summed E-state index contributed by atoms with van der Waals surface area (Å²) in [5, 5.41) is 2.11. The zero-order valence-corrected chi connectivity index (χ0v) is 8.76. The predicted octanol–water partition coefficient (Wildman–Crippen LogP) is 0.243. The summed E-state index contributed by atoms with van der Waals surface area (Å²) in [7, 11) is 1.13. The highest BCUT2D eigenvalue weighted by Gasteiger charge is 2.28. The summed E-state index contributed by atoms with van der Waals surface area (Å²) in [4.78, 5) is 21.8. The molecule has 8 heteroatoms. The smallest absolute Gasteiger partial charge is 0.411 e. The van der Waals surface area contributed by atoms with E-state index in [1.807, 2.05) is 0 Å². The quantitative estimate of drug-likeness (QED) is 0.703. The van der Waals surface area contributed by atoms with Gasteiger partial charge in [0.2, 0.25) is 5.91 Å². The summed E-state index contributed by atoms with van der Waals surface area (Å²) in [6.45, 7) is -0.929. The van der Waals surface area contributed by atoms with E-state index >= 15 is 0 Å². The third-order valence-electron chi connectivity index (χ3n) is 1.43. The van der Waals surface area contributed by atoms with Gasteiger partial charge in [-0.2, -0.15) is 13.2 Å². The van der Waals surface area contributed by atoms with Crippen molar-refractivity contribution in [3.8, 4) is 0 Å². The molecule has 0 aliphatic rings. The molecule has 0 saturated heterocycles. The number of nitrogens with one attached hydrogen (secondary N) is 1. The number of carbonyl (C=O) groups excluding carboxylic acids is 2. The van der Waals surface area contributed by atoms with Crippen molar-refractivity contribution in [2.45, 2.75) is 19.1 Å². The minimum absolute atomic E-state index is 0.691. The van der Waals surface area contributed by atoms with Crippen LogP contribution in [-0.2, 0) is 19.1 Å². The zero-order chi connectivity index (χ0) is 12.8. The van der Waals surface area contributed by atoms with Crippen molar-refractivity contribution >= 4 is 11.9 Å². The summed E-state index contributed by atoms with van der Waals surface area (Å²) in [6, 6.07) is -0.924. The Morgan fingerprint density at radius 3 is 2.38 bits per heavy atom. The van der Waals surface area contributed by atoms with Gasteiger partial charge in [-0.3, -0.25) is 4.79 Å². The Morgan fingerprint density at radius 2 is 1.94 bits per heavy atom. The van der Waals surface area contributed by atoms with Crippen molar-refractivity contribution in [3.05, 3.63) is 0 Å². The standard InChI is InChI=1S/C8H12F3NO4/c1-5(7(14)15-2)12-6(13)3-16-4-8(9,10)11/h5H,3-4H2,1-2H3,(H,12,13). The molecule has 1 unspecified atom stereocenters. The SMILES string of the molecule is COC(=O)C(C)NC(=O)COCC(F)(F)F. The van der Waals surface area contributed by atoms with Gasteiger partial charge in [0.15, 0.2) is 0 Å². The average molecular weight is 243 g/mol. The van der Waals surface area contributed by atoms with E-state index in [0.717, 1.165) is 7.11 Å². The van der Waals surface area contributed by atoms with Crippen LogP contribution in [-0.4, -0.2) is 44.4 Å². The second-order valence-electron chi connectivity index (χ2n) is 2.92. The maximum absolute atomic E-state index is 11.6. The van der Waals surface area contributed by atoms with Crippen molar-refractivity contribution in [1.82, 2.24) is 5.32 Å². The summed E-state index contributed by atoms with van der Waals surface area (Å²) < 4.78 is 43.2. The molecular formula is C8H12F3NO4. The molecule has 0 spiro atoms. The molecule has 0 bridgehead atoms. The van der Waals surface area contributed by atoms with Crippen LogP contribution in [0.1, 0.15) is 6.92 Å². The number of alkyl halides is 3. The fourth-order valence-electron chi connectivity index (χ4n) is 0.778. The van der Waals surface area contributed by atoms with Crippen LogP contribution in [0.4, 0.5) is 13.2 Å². The van der Waals surface area contributed by atoms with Crippen LogP contribution >= 0.6 is 0 Å². The van der Waals surface area contributed by atoms with Crippen LogP contribution in [0, 0.1) is 0 Å². The molecule has 0 rings (SSSR count). The molecule has 0 heterocycles. The van der Waals surface area contributed by atoms with Gasteiger partial charge in [0.1, 0.15) is 19.3 Å². The van der Waals surface area contributed by atoms with E-state index in [-0.39, 0.29) is 0 Å². The van der Waals surface area contributed by atoms with Crippen LogP contribution in [0.3, 0.4) is 0 Å². The van der Waals surface area contributed by atoms with Crippen molar-refractivity contribution in [2.24, 2.45) is 0 Å². The molecule has 0 aliphatic carbocycles. The van der Waals surface area contributed by atoms with Gasteiger partial charge >= 0.3 is 12.1 Å². The average Bonchev–Trinajstić information content (AvgIpc) is 2.14. The molecule has 0 saturated carbocycles. The first-order valence-corrected chi connectivity index (χ1v) is 4.28. The van der Waals surface area contributed by atoms with E-state index in [1.54, 1.807) is 0 Å². The van der Waals surface area contributed by atoms with E-state index in [0.29, 0.717) is 0 Å². The lowest BCUT2D eigenvalue weighted by Crippen LogP contribution is -2.41. The van der Waals surface area contributed by atoms with Crippen LogP contribution in [0.25, 0.3) is 0 Å². The highest BCUT2D eigenvalue weighted by atomic mass is 19.4. The molecule has 16 heavy (non-hydrogen) atoms. The van der Waals surface area contributed by atoms with Crippen molar-refractivity contribution in [3.63, 3.8) is 0 Å². The Labute approximate surface area is 89.9 Å². The number of carbonyl (C=O) groups is 2. The summed E-state index contributed by atoms with van der Waals surface area (Å²) in [6.07, 6.45) is -4.48. The lowest BCUT2D eigenvalue weighted by molar-refractivity contribution is -0.176. The van der Waals surface area contributed by atoms with Gasteiger partial charge in [-0.25, -0.2) is 4.79 Å². The van der Waals surface area contributed by atoms with E-state index in [2.05, 4.69) is 14.8 Å². The van der Waals surface area contributed by atoms with Crippen LogP contribution < -0.4 is 5.32 Å². The molecule has 0 radical (unpaired) electrons. The van der Waals surface area contributed by atoms with E-state index in [4.69, 9.17) is 0 Å². The Kier molecular flexibility index (Phi) is 5.79. The molecule has 0 aromatic heterocycles. The number of hydrogen-bond donors (Lipinski definition) is 1. The fourth-order valence-corrected chi connectivity index (χ4v) is 0.778. The number of esters is 1. The third kappa shape index (κ3) is 7.04.